The summed E-state index contributed by atoms with van der Waals surface area (Å²) in [5.74, 6) is 0. The second kappa shape index (κ2) is 15.2. The summed E-state index contributed by atoms with van der Waals surface area (Å²) < 4.78 is 0. The zero-order chi connectivity index (χ0) is 35.6. The van der Waals surface area contributed by atoms with Gasteiger partial charge in [0, 0.05) is 17.6 Å². The summed E-state index contributed by atoms with van der Waals surface area (Å²) in [5, 5.41) is 5.15. The molecule has 0 fully saturated rings. The standard InChI is InChI=1S/C48H43N3.Pt/c1-47(2,3)39-20-23-41(24-21-39)50-45-25-22-40(48(4,5)6)32-42(45)44-19-13-18-43(51-44)37-28-36(34-16-11-8-12-17-34)29-38(30-37)46-31-35(26-27-49-46)33-14-9-7-10-15-33;/h7-29,31-32H,1-6H3;/q-2;+2. The zero-order valence-electron chi connectivity index (χ0n) is 30.6. The first kappa shape index (κ1) is 36.7. The third-order valence-electron chi connectivity index (χ3n) is 9.27. The molecule has 0 saturated carbocycles. The molecule has 0 bridgehead atoms. The fourth-order valence-corrected chi connectivity index (χ4v) is 6.25. The van der Waals surface area contributed by atoms with Crippen LogP contribution in [0.4, 0.5) is 11.4 Å². The Kier molecular flexibility index (Phi) is 10.7. The van der Waals surface area contributed by atoms with Gasteiger partial charge in [-0.3, -0.25) is 9.97 Å². The van der Waals surface area contributed by atoms with Gasteiger partial charge in [-0.05, 0) is 56.3 Å². The van der Waals surface area contributed by atoms with Crippen LogP contribution in [0.15, 0.2) is 152 Å². The van der Waals surface area contributed by atoms with E-state index in [0.717, 1.165) is 67.4 Å². The largest absolute Gasteiger partial charge is 2.00 e. The molecule has 0 aliphatic rings. The molecule has 0 saturated heterocycles. The Balaban J connectivity index is 0.00000464. The minimum Gasteiger partial charge on any atom is -0.657 e. The number of benzene rings is 5. The normalized spacial score (nSPS) is 11.5. The second-order valence-electron chi connectivity index (χ2n) is 15.2. The van der Waals surface area contributed by atoms with Crippen LogP contribution in [0.1, 0.15) is 52.7 Å². The monoisotopic (exact) mass is 856 g/mol. The van der Waals surface area contributed by atoms with Gasteiger partial charge in [0.05, 0.1) is 5.69 Å². The first-order valence-corrected chi connectivity index (χ1v) is 17.6. The number of hydrogen-bond donors (Lipinski definition) is 0. The summed E-state index contributed by atoms with van der Waals surface area (Å²) in [6, 6.07) is 54.5. The van der Waals surface area contributed by atoms with Crippen molar-refractivity contribution < 1.29 is 21.1 Å². The van der Waals surface area contributed by atoms with Crippen LogP contribution in [0.2, 0.25) is 0 Å². The van der Waals surface area contributed by atoms with Crippen molar-refractivity contribution in [3.63, 3.8) is 0 Å². The van der Waals surface area contributed by atoms with E-state index in [1.54, 1.807) is 0 Å². The van der Waals surface area contributed by atoms with Gasteiger partial charge in [-0.15, -0.1) is 29.6 Å². The maximum atomic E-state index is 5.31. The van der Waals surface area contributed by atoms with E-state index in [9.17, 15) is 0 Å². The van der Waals surface area contributed by atoms with Crippen LogP contribution in [0.5, 0.6) is 0 Å². The van der Waals surface area contributed by atoms with Gasteiger partial charge in [-0.1, -0.05) is 180 Å². The second-order valence-corrected chi connectivity index (χ2v) is 15.2. The molecule has 0 spiro atoms. The Morgan fingerprint density at radius 3 is 1.69 bits per heavy atom. The zero-order valence-corrected chi connectivity index (χ0v) is 32.9. The van der Waals surface area contributed by atoms with Crippen molar-refractivity contribution in [3.8, 4) is 56.0 Å². The predicted octanol–water partition coefficient (Wildman–Crippen LogP) is 13.5. The van der Waals surface area contributed by atoms with E-state index < -0.39 is 0 Å². The third-order valence-corrected chi connectivity index (χ3v) is 9.27. The Morgan fingerprint density at radius 2 is 1.06 bits per heavy atom. The molecule has 260 valence electrons. The molecule has 0 unspecified atom stereocenters. The van der Waals surface area contributed by atoms with Gasteiger partial charge in [0.1, 0.15) is 0 Å². The minimum absolute atomic E-state index is 0. The summed E-state index contributed by atoms with van der Waals surface area (Å²) >= 11 is 0. The number of hydrogen-bond acceptors (Lipinski definition) is 2. The Bertz CT molecular complexity index is 2280. The molecule has 7 rings (SSSR count). The molecule has 7 aromatic rings. The van der Waals surface area contributed by atoms with Gasteiger partial charge in [0.25, 0.3) is 0 Å². The van der Waals surface area contributed by atoms with Crippen molar-refractivity contribution in [2.45, 2.75) is 52.4 Å². The average Bonchev–Trinajstić information content (AvgIpc) is 3.15. The molecule has 4 heteroatoms. The molecule has 0 radical (unpaired) electrons. The van der Waals surface area contributed by atoms with Crippen molar-refractivity contribution in [3.05, 3.63) is 174 Å². The quantitative estimate of drug-likeness (QED) is 0.150. The molecule has 0 aliphatic carbocycles. The summed E-state index contributed by atoms with van der Waals surface area (Å²) in [4.78, 5) is 10.1. The van der Waals surface area contributed by atoms with Gasteiger partial charge in [-0.2, -0.15) is 0 Å². The summed E-state index contributed by atoms with van der Waals surface area (Å²) in [6.07, 6.45) is 1.88. The number of aromatic nitrogens is 2. The Hall–Kier alpha value is -5.11. The third kappa shape index (κ3) is 8.33. The molecule has 0 atom stereocenters. The minimum atomic E-state index is -0.0345. The molecule has 2 heterocycles. The maximum absolute atomic E-state index is 5.31. The van der Waals surface area contributed by atoms with Crippen molar-refractivity contribution in [2.24, 2.45) is 0 Å². The molecular formula is C48H43N3Pt. The topological polar surface area (TPSA) is 39.9 Å². The Morgan fingerprint density at radius 1 is 0.481 bits per heavy atom. The smallest absolute Gasteiger partial charge is 0.657 e. The summed E-state index contributed by atoms with van der Waals surface area (Å²) in [5.41, 5.74) is 14.2. The maximum Gasteiger partial charge on any atom is 2.00 e. The molecule has 0 N–H and O–H groups in total. The van der Waals surface area contributed by atoms with Crippen LogP contribution in [0.25, 0.3) is 61.3 Å². The molecule has 5 aromatic carbocycles. The van der Waals surface area contributed by atoms with Gasteiger partial charge >= 0.3 is 21.1 Å². The molecule has 52 heavy (non-hydrogen) atoms. The molecule has 2 aromatic heterocycles. The molecule has 0 amide bonds. The summed E-state index contributed by atoms with van der Waals surface area (Å²) in [6.45, 7) is 13.4. The average molecular weight is 857 g/mol. The van der Waals surface area contributed by atoms with Crippen LogP contribution >= 0.6 is 0 Å². The molecular weight excluding hydrogens is 814 g/mol. The summed E-state index contributed by atoms with van der Waals surface area (Å²) in [7, 11) is 0. The molecule has 3 nitrogen and oxygen atoms in total. The van der Waals surface area contributed by atoms with E-state index in [2.05, 4.69) is 181 Å². The van der Waals surface area contributed by atoms with Crippen LogP contribution in [0.3, 0.4) is 0 Å². The van der Waals surface area contributed by atoms with Crippen molar-refractivity contribution in [1.82, 2.24) is 9.97 Å². The van der Waals surface area contributed by atoms with E-state index in [1.165, 1.54) is 11.1 Å². The van der Waals surface area contributed by atoms with Crippen LogP contribution in [0, 0.1) is 6.07 Å². The van der Waals surface area contributed by atoms with E-state index in [4.69, 9.17) is 15.3 Å². The van der Waals surface area contributed by atoms with Gasteiger partial charge in [-0.25, -0.2) is 0 Å². The Labute approximate surface area is 323 Å². The van der Waals surface area contributed by atoms with Crippen molar-refractivity contribution in [2.75, 3.05) is 0 Å². The van der Waals surface area contributed by atoms with E-state index >= 15 is 0 Å². The van der Waals surface area contributed by atoms with Crippen LogP contribution < -0.4 is 0 Å². The first-order chi connectivity index (χ1) is 24.5. The van der Waals surface area contributed by atoms with E-state index in [-0.39, 0.29) is 31.9 Å². The number of pyridine rings is 2. The van der Waals surface area contributed by atoms with Gasteiger partial charge in [0.2, 0.25) is 0 Å². The van der Waals surface area contributed by atoms with Gasteiger partial charge in [0.15, 0.2) is 0 Å². The fourth-order valence-electron chi connectivity index (χ4n) is 6.25. The number of rotatable bonds is 7. The number of nitrogens with zero attached hydrogens (tertiary/aromatic N) is 3. The molecule has 0 aliphatic heterocycles. The SMILES string of the molecule is CC(C)(C)c1ccc([N-]c2ccc(C(C)(C)C)cc2-c2cccc(-c3[c-]c(-c4cc(-c5ccccc5)ccn4)cc(-c4ccccc4)c3)n2)cc1.[Pt+2]. The van der Waals surface area contributed by atoms with Gasteiger partial charge < -0.3 is 5.32 Å². The van der Waals surface area contributed by atoms with E-state index in [0.29, 0.717) is 0 Å². The van der Waals surface area contributed by atoms with Crippen molar-refractivity contribution in [1.29, 1.82) is 0 Å². The van der Waals surface area contributed by atoms with Crippen molar-refractivity contribution >= 4 is 11.4 Å². The first-order valence-electron chi connectivity index (χ1n) is 17.6. The van der Waals surface area contributed by atoms with E-state index in [1.807, 2.05) is 18.3 Å². The predicted molar refractivity (Wildman–Crippen MR) is 215 cm³/mol. The van der Waals surface area contributed by atoms with Crippen LogP contribution in [-0.2, 0) is 31.9 Å². The van der Waals surface area contributed by atoms with Crippen LogP contribution in [-0.4, -0.2) is 9.97 Å². The fraction of sp³-hybridized carbons (Fsp3) is 0.167.